The normalized spacial score (nSPS) is 8.38. The number of amides is 1. The smallest absolute Gasteiger partial charge is 0.276 e. The SMILES string of the molecule is CONC(=O)C#Cc1ccccc1. The van der Waals surface area contributed by atoms with Crippen molar-refractivity contribution < 1.29 is 9.63 Å². The van der Waals surface area contributed by atoms with Gasteiger partial charge in [0.2, 0.25) is 0 Å². The summed E-state index contributed by atoms with van der Waals surface area (Å²) in [5.41, 5.74) is 2.90. The van der Waals surface area contributed by atoms with Crippen LogP contribution in [0.5, 0.6) is 0 Å². The molecule has 0 spiro atoms. The zero-order chi connectivity index (χ0) is 9.52. The first-order valence-electron chi connectivity index (χ1n) is 3.73. The van der Waals surface area contributed by atoms with Crippen molar-refractivity contribution in [3.63, 3.8) is 0 Å². The van der Waals surface area contributed by atoms with Crippen LogP contribution in [0, 0.1) is 11.8 Å². The Labute approximate surface area is 76.7 Å². The second kappa shape index (κ2) is 4.96. The van der Waals surface area contributed by atoms with Gasteiger partial charge >= 0.3 is 5.91 Å². The summed E-state index contributed by atoms with van der Waals surface area (Å²) in [6.45, 7) is 0. The van der Waals surface area contributed by atoms with Crippen LogP contribution in [-0.4, -0.2) is 13.0 Å². The van der Waals surface area contributed by atoms with Crippen LogP contribution >= 0.6 is 0 Å². The predicted octanol–water partition coefficient (Wildman–Crippen LogP) is 0.716. The Hall–Kier alpha value is -1.79. The third kappa shape index (κ3) is 3.41. The van der Waals surface area contributed by atoms with E-state index in [1.807, 2.05) is 30.3 Å². The second-order valence-electron chi connectivity index (χ2n) is 2.25. The van der Waals surface area contributed by atoms with E-state index < -0.39 is 5.91 Å². The van der Waals surface area contributed by atoms with Gasteiger partial charge in [0.05, 0.1) is 7.11 Å². The number of hydroxylamine groups is 1. The molecule has 0 atom stereocenters. The van der Waals surface area contributed by atoms with E-state index in [1.54, 1.807) is 0 Å². The molecule has 0 aliphatic rings. The molecule has 0 bridgehead atoms. The Bertz CT molecular complexity index is 335. The average Bonchev–Trinajstić information content (AvgIpc) is 2.17. The third-order valence-corrected chi connectivity index (χ3v) is 1.29. The van der Waals surface area contributed by atoms with Crippen molar-refractivity contribution in [2.24, 2.45) is 0 Å². The molecule has 0 radical (unpaired) electrons. The first kappa shape index (κ1) is 9.30. The van der Waals surface area contributed by atoms with Crippen molar-refractivity contribution in [2.45, 2.75) is 0 Å². The van der Waals surface area contributed by atoms with Crippen LogP contribution in [0.3, 0.4) is 0 Å². The van der Waals surface area contributed by atoms with E-state index in [9.17, 15) is 4.79 Å². The van der Waals surface area contributed by atoms with E-state index >= 15 is 0 Å². The first-order chi connectivity index (χ1) is 6.33. The van der Waals surface area contributed by atoms with Gasteiger partial charge in [0.15, 0.2) is 0 Å². The third-order valence-electron chi connectivity index (χ3n) is 1.29. The molecular weight excluding hydrogens is 166 g/mol. The number of carbonyl (C=O) groups is 1. The van der Waals surface area contributed by atoms with E-state index in [0.29, 0.717) is 0 Å². The standard InChI is InChI=1S/C10H9NO2/c1-13-11-10(12)8-7-9-5-3-2-4-6-9/h2-6H,1H3,(H,11,12). The molecule has 1 amide bonds. The van der Waals surface area contributed by atoms with E-state index in [1.165, 1.54) is 7.11 Å². The number of nitrogens with one attached hydrogen (secondary N) is 1. The fraction of sp³-hybridized carbons (Fsp3) is 0.100. The van der Waals surface area contributed by atoms with Crippen LogP contribution in [0.15, 0.2) is 30.3 Å². The molecule has 1 N–H and O–H groups in total. The lowest BCUT2D eigenvalue weighted by atomic mass is 10.2. The molecule has 0 aromatic heterocycles. The Kier molecular flexibility index (Phi) is 3.55. The number of hydrogen-bond acceptors (Lipinski definition) is 2. The minimum Gasteiger partial charge on any atom is -0.276 e. The van der Waals surface area contributed by atoms with E-state index in [-0.39, 0.29) is 0 Å². The van der Waals surface area contributed by atoms with Gasteiger partial charge in [-0.3, -0.25) is 9.63 Å². The minimum absolute atomic E-state index is 0.452. The molecule has 13 heavy (non-hydrogen) atoms. The highest BCUT2D eigenvalue weighted by molar-refractivity contribution is 5.93. The monoisotopic (exact) mass is 175 g/mol. The lowest BCUT2D eigenvalue weighted by Gasteiger charge is -1.91. The van der Waals surface area contributed by atoms with E-state index in [0.717, 1.165) is 5.56 Å². The Balaban J connectivity index is 2.62. The number of benzene rings is 1. The average molecular weight is 175 g/mol. The molecule has 0 saturated heterocycles. The Morgan fingerprint density at radius 2 is 2.08 bits per heavy atom. The van der Waals surface area contributed by atoms with Gasteiger partial charge in [-0.05, 0) is 12.1 Å². The van der Waals surface area contributed by atoms with Crippen LogP contribution < -0.4 is 5.48 Å². The summed E-state index contributed by atoms with van der Waals surface area (Å²) >= 11 is 0. The molecule has 1 aromatic carbocycles. The lowest BCUT2D eigenvalue weighted by Crippen LogP contribution is -2.19. The highest BCUT2D eigenvalue weighted by Crippen LogP contribution is 1.94. The Morgan fingerprint density at radius 3 is 2.69 bits per heavy atom. The highest BCUT2D eigenvalue weighted by atomic mass is 16.6. The van der Waals surface area contributed by atoms with Gasteiger partial charge in [0.1, 0.15) is 0 Å². The van der Waals surface area contributed by atoms with Crippen molar-refractivity contribution in [2.75, 3.05) is 7.11 Å². The first-order valence-corrected chi connectivity index (χ1v) is 3.73. The maximum absolute atomic E-state index is 10.8. The van der Waals surface area contributed by atoms with Crippen molar-refractivity contribution in [3.8, 4) is 11.8 Å². The van der Waals surface area contributed by atoms with Crippen LogP contribution in [0.2, 0.25) is 0 Å². The zero-order valence-electron chi connectivity index (χ0n) is 7.20. The Morgan fingerprint density at radius 1 is 1.38 bits per heavy atom. The molecule has 0 aliphatic heterocycles. The molecule has 66 valence electrons. The summed E-state index contributed by atoms with van der Waals surface area (Å²) in [4.78, 5) is 15.2. The molecule has 3 nitrogen and oxygen atoms in total. The number of carbonyl (C=O) groups excluding carboxylic acids is 1. The predicted molar refractivity (Wildman–Crippen MR) is 48.5 cm³/mol. The molecule has 0 saturated carbocycles. The summed E-state index contributed by atoms with van der Waals surface area (Å²) in [5, 5.41) is 0. The molecule has 1 aromatic rings. The maximum atomic E-state index is 10.8. The largest absolute Gasteiger partial charge is 0.319 e. The molecule has 0 aliphatic carbocycles. The van der Waals surface area contributed by atoms with Crippen molar-refractivity contribution in [3.05, 3.63) is 35.9 Å². The van der Waals surface area contributed by atoms with Crippen LogP contribution in [-0.2, 0) is 9.63 Å². The molecule has 1 rings (SSSR count). The fourth-order valence-corrected chi connectivity index (χ4v) is 0.769. The van der Waals surface area contributed by atoms with Gasteiger partial charge in [-0.25, -0.2) is 5.48 Å². The van der Waals surface area contributed by atoms with Gasteiger partial charge in [0.25, 0.3) is 0 Å². The highest BCUT2D eigenvalue weighted by Gasteiger charge is 1.90. The maximum Gasteiger partial charge on any atom is 0.319 e. The molecule has 0 heterocycles. The minimum atomic E-state index is -0.452. The van der Waals surface area contributed by atoms with Crippen LogP contribution in [0.1, 0.15) is 5.56 Å². The lowest BCUT2D eigenvalue weighted by molar-refractivity contribution is -0.125. The summed E-state index contributed by atoms with van der Waals surface area (Å²) in [6, 6.07) is 9.26. The second-order valence-corrected chi connectivity index (χ2v) is 2.25. The fourth-order valence-electron chi connectivity index (χ4n) is 0.769. The molecule has 3 heteroatoms. The van der Waals surface area contributed by atoms with E-state index in [4.69, 9.17) is 0 Å². The topological polar surface area (TPSA) is 38.3 Å². The summed E-state index contributed by atoms with van der Waals surface area (Å²) in [5.74, 6) is 4.61. The van der Waals surface area contributed by atoms with Gasteiger partial charge in [-0.2, -0.15) is 0 Å². The summed E-state index contributed by atoms with van der Waals surface area (Å²) < 4.78 is 0. The quantitative estimate of drug-likeness (QED) is 0.504. The van der Waals surface area contributed by atoms with Gasteiger partial charge < -0.3 is 0 Å². The molecule has 0 fully saturated rings. The van der Waals surface area contributed by atoms with Gasteiger partial charge in [-0.1, -0.05) is 24.1 Å². The van der Waals surface area contributed by atoms with Crippen molar-refractivity contribution in [1.82, 2.24) is 5.48 Å². The molecular formula is C10H9NO2. The number of rotatable bonds is 1. The van der Waals surface area contributed by atoms with Crippen LogP contribution in [0.4, 0.5) is 0 Å². The van der Waals surface area contributed by atoms with E-state index in [2.05, 4.69) is 22.2 Å². The zero-order valence-corrected chi connectivity index (χ0v) is 7.20. The van der Waals surface area contributed by atoms with Gasteiger partial charge in [0, 0.05) is 11.5 Å². The summed E-state index contributed by atoms with van der Waals surface area (Å²) in [6.07, 6.45) is 0. The number of hydrogen-bond donors (Lipinski definition) is 1. The van der Waals surface area contributed by atoms with Gasteiger partial charge in [-0.15, -0.1) is 0 Å². The molecule has 0 unspecified atom stereocenters. The van der Waals surface area contributed by atoms with Crippen molar-refractivity contribution >= 4 is 5.91 Å². The van der Waals surface area contributed by atoms with Crippen LogP contribution in [0.25, 0.3) is 0 Å². The summed E-state index contributed by atoms with van der Waals surface area (Å²) in [7, 11) is 1.36. The van der Waals surface area contributed by atoms with Crippen molar-refractivity contribution in [1.29, 1.82) is 0 Å².